The van der Waals surface area contributed by atoms with Crippen molar-refractivity contribution < 1.29 is 9.59 Å². The molecule has 6 heteroatoms. The first-order valence-corrected chi connectivity index (χ1v) is 8.32. The minimum absolute atomic E-state index is 0.326. The van der Waals surface area contributed by atoms with Gasteiger partial charge in [0, 0.05) is 24.3 Å². The summed E-state index contributed by atoms with van der Waals surface area (Å²) in [6.45, 7) is 5.98. The zero-order valence-electron chi connectivity index (χ0n) is 14.5. The maximum absolute atomic E-state index is 12.3. The Morgan fingerprint density at radius 3 is 2.12 bits per heavy atom. The average Bonchev–Trinajstić information content (AvgIpc) is 2.64. The van der Waals surface area contributed by atoms with Gasteiger partial charge >= 0.3 is 0 Å². The van der Waals surface area contributed by atoms with Gasteiger partial charge in [-0.3, -0.25) is 15.0 Å². The van der Waals surface area contributed by atoms with Crippen molar-refractivity contribution in [2.75, 3.05) is 18.0 Å². The number of hydrazine groups is 1. The first-order chi connectivity index (χ1) is 12.1. The third kappa shape index (κ3) is 4.81. The molecular weight excluding hydrogens is 316 g/mol. The van der Waals surface area contributed by atoms with E-state index in [0.717, 1.165) is 18.8 Å². The molecule has 1 atom stereocenters. The molecule has 0 spiro atoms. The Kier molecular flexibility index (Phi) is 6.54. The van der Waals surface area contributed by atoms with E-state index in [9.17, 15) is 9.59 Å². The highest BCUT2D eigenvalue weighted by Crippen LogP contribution is 2.15. The van der Waals surface area contributed by atoms with Crippen molar-refractivity contribution in [1.82, 2.24) is 10.9 Å². The normalized spacial score (nSPS) is 11.6. The fourth-order valence-corrected chi connectivity index (χ4v) is 2.59. The topological polar surface area (TPSA) is 87.5 Å². The molecule has 2 amide bonds. The first-order valence-electron chi connectivity index (χ1n) is 8.32. The molecule has 6 nitrogen and oxygen atoms in total. The molecule has 0 aliphatic rings. The van der Waals surface area contributed by atoms with Crippen LogP contribution in [-0.2, 0) is 4.79 Å². The zero-order valence-corrected chi connectivity index (χ0v) is 14.5. The van der Waals surface area contributed by atoms with Crippen LogP contribution in [0.4, 0.5) is 5.69 Å². The highest BCUT2D eigenvalue weighted by Gasteiger charge is 2.18. The SMILES string of the molecule is CCN(CC)c1ccc(C(=O)NN[C@@H](C(N)=O)c2ccccc2)cc1. The molecule has 0 unspecified atom stereocenters. The Balaban J connectivity index is 2.02. The minimum atomic E-state index is -0.792. The number of carbonyl (C=O) groups is 2. The molecule has 0 aliphatic carbocycles. The molecule has 0 heterocycles. The van der Waals surface area contributed by atoms with Crippen LogP contribution in [-0.4, -0.2) is 24.9 Å². The number of primary amides is 1. The van der Waals surface area contributed by atoms with Crippen LogP contribution in [0.1, 0.15) is 35.8 Å². The number of carbonyl (C=O) groups excluding carboxylic acids is 2. The summed E-state index contributed by atoms with van der Waals surface area (Å²) in [6.07, 6.45) is 0. The van der Waals surface area contributed by atoms with Gasteiger partial charge in [-0.1, -0.05) is 30.3 Å². The molecule has 0 bridgehead atoms. The Morgan fingerprint density at radius 1 is 1.00 bits per heavy atom. The molecule has 0 saturated carbocycles. The summed E-state index contributed by atoms with van der Waals surface area (Å²) < 4.78 is 0. The highest BCUT2D eigenvalue weighted by molar-refractivity contribution is 5.94. The number of rotatable bonds is 8. The Bertz CT molecular complexity index is 697. The van der Waals surface area contributed by atoms with Crippen LogP contribution >= 0.6 is 0 Å². The lowest BCUT2D eigenvalue weighted by molar-refractivity contribution is -0.120. The van der Waals surface area contributed by atoms with E-state index in [1.807, 2.05) is 18.2 Å². The number of nitrogens with two attached hydrogens (primary N) is 1. The molecule has 0 fully saturated rings. The minimum Gasteiger partial charge on any atom is -0.372 e. The van der Waals surface area contributed by atoms with Crippen molar-refractivity contribution in [1.29, 1.82) is 0 Å². The second-order valence-electron chi connectivity index (χ2n) is 5.56. The van der Waals surface area contributed by atoms with Gasteiger partial charge in [0.25, 0.3) is 5.91 Å². The average molecular weight is 340 g/mol. The first kappa shape index (κ1) is 18.5. The van der Waals surface area contributed by atoms with Crippen molar-refractivity contribution >= 4 is 17.5 Å². The van der Waals surface area contributed by atoms with E-state index in [-0.39, 0.29) is 5.91 Å². The summed E-state index contributed by atoms with van der Waals surface area (Å²) in [6, 6.07) is 15.5. The van der Waals surface area contributed by atoms with Gasteiger partial charge in [0.15, 0.2) is 0 Å². The van der Waals surface area contributed by atoms with Crippen LogP contribution in [0.25, 0.3) is 0 Å². The molecule has 2 aromatic rings. The molecular formula is C19H24N4O2. The number of benzene rings is 2. The smallest absolute Gasteiger partial charge is 0.265 e. The standard InChI is InChI=1S/C19H24N4O2/c1-3-23(4-2)16-12-10-15(11-13-16)19(25)22-21-17(18(20)24)14-8-6-5-7-9-14/h5-13,17,21H,3-4H2,1-2H3,(H2,20,24)(H,22,25)/t17-/m1/s1. The Hall–Kier alpha value is -2.86. The fourth-order valence-electron chi connectivity index (χ4n) is 2.59. The summed E-state index contributed by atoms with van der Waals surface area (Å²) in [5.74, 6) is -0.892. The van der Waals surface area contributed by atoms with E-state index in [1.54, 1.807) is 36.4 Å². The monoisotopic (exact) mass is 340 g/mol. The third-order valence-electron chi connectivity index (χ3n) is 4.01. The molecule has 2 aromatic carbocycles. The summed E-state index contributed by atoms with van der Waals surface area (Å²) in [5, 5.41) is 0. The maximum Gasteiger partial charge on any atom is 0.265 e. The van der Waals surface area contributed by atoms with E-state index in [2.05, 4.69) is 29.6 Å². The second kappa shape index (κ2) is 8.84. The highest BCUT2D eigenvalue weighted by atomic mass is 16.2. The van der Waals surface area contributed by atoms with Crippen molar-refractivity contribution in [3.63, 3.8) is 0 Å². The van der Waals surface area contributed by atoms with Gasteiger partial charge in [-0.2, -0.15) is 0 Å². The van der Waals surface area contributed by atoms with E-state index >= 15 is 0 Å². The van der Waals surface area contributed by atoms with Gasteiger partial charge in [-0.15, -0.1) is 0 Å². The van der Waals surface area contributed by atoms with Crippen LogP contribution in [0.3, 0.4) is 0 Å². The van der Waals surface area contributed by atoms with Gasteiger partial charge in [0.1, 0.15) is 6.04 Å². The quantitative estimate of drug-likeness (QED) is 0.641. The maximum atomic E-state index is 12.3. The van der Waals surface area contributed by atoms with Crippen molar-refractivity contribution in [2.45, 2.75) is 19.9 Å². The summed E-state index contributed by atoms with van der Waals surface area (Å²) in [5.41, 5.74) is 12.9. The molecule has 25 heavy (non-hydrogen) atoms. The van der Waals surface area contributed by atoms with E-state index in [1.165, 1.54) is 0 Å². The lowest BCUT2D eigenvalue weighted by Crippen LogP contribution is -2.45. The Morgan fingerprint density at radius 2 is 1.60 bits per heavy atom. The summed E-state index contributed by atoms with van der Waals surface area (Å²) >= 11 is 0. The van der Waals surface area contributed by atoms with Crippen LogP contribution in [0, 0.1) is 0 Å². The summed E-state index contributed by atoms with van der Waals surface area (Å²) in [4.78, 5) is 26.1. The molecule has 132 valence electrons. The number of anilines is 1. The predicted molar refractivity (Wildman–Crippen MR) is 99.0 cm³/mol. The number of hydrogen-bond acceptors (Lipinski definition) is 4. The molecule has 0 aliphatic heterocycles. The van der Waals surface area contributed by atoms with E-state index < -0.39 is 11.9 Å². The van der Waals surface area contributed by atoms with Crippen LogP contribution in [0.2, 0.25) is 0 Å². The largest absolute Gasteiger partial charge is 0.372 e. The number of amides is 2. The summed E-state index contributed by atoms with van der Waals surface area (Å²) in [7, 11) is 0. The molecule has 0 aromatic heterocycles. The lowest BCUT2D eigenvalue weighted by atomic mass is 10.1. The Labute approximate surface area is 148 Å². The van der Waals surface area contributed by atoms with Gasteiger partial charge in [0.05, 0.1) is 0 Å². The van der Waals surface area contributed by atoms with Crippen LogP contribution in [0.5, 0.6) is 0 Å². The van der Waals surface area contributed by atoms with Gasteiger partial charge < -0.3 is 10.6 Å². The third-order valence-corrected chi connectivity index (χ3v) is 4.01. The van der Waals surface area contributed by atoms with E-state index in [0.29, 0.717) is 11.1 Å². The fraction of sp³-hybridized carbons (Fsp3) is 0.263. The van der Waals surface area contributed by atoms with Gasteiger partial charge in [-0.25, -0.2) is 5.43 Å². The van der Waals surface area contributed by atoms with Crippen LogP contribution in [0.15, 0.2) is 54.6 Å². The van der Waals surface area contributed by atoms with Crippen molar-refractivity contribution in [2.24, 2.45) is 5.73 Å². The molecule has 2 rings (SSSR count). The zero-order chi connectivity index (χ0) is 18.2. The van der Waals surface area contributed by atoms with Crippen molar-refractivity contribution in [3.8, 4) is 0 Å². The molecule has 0 saturated heterocycles. The molecule has 4 N–H and O–H groups in total. The van der Waals surface area contributed by atoms with Gasteiger partial charge in [-0.05, 0) is 43.7 Å². The second-order valence-corrected chi connectivity index (χ2v) is 5.56. The molecule has 0 radical (unpaired) electrons. The number of nitrogens with zero attached hydrogens (tertiary/aromatic N) is 1. The van der Waals surface area contributed by atoms with Crippen LogP contribution < -0.4 is 21.5 Å². The van der Waals surface area contributed by atoms with Gasteiger partial charge in [0.2, 0.25) is 5.91 Å². The van der Waals surface area contributed by atoms with E-state index in [4.69, 9.17) is 5.73 Å². The predicted octanol–water partition coefficient (Wildman–Crippen LogP) is 1.99. The lowest BCUT2D eigenvalue weighted by Gasteiger charge is -2.21. The number of hydrogen-bond donors (Lipinski definition) is 3. The number of nitrogens with one attached hydrogen (secondary N) is 2. The van der Waals surface area contributed by atoms with Crippen molar-refractivity contribution in [3.05, 3.63) is 65.7 Å².